The van der Waals surface area contributed by atoms with E-state index in [0.717, 1.165) is 0 Å². The maximum atomic E-state index is 12.4. The molecule has 1 aliphatic heterocycles. The number of piperidine rings is 1. The Morgan fingerprint density at radius 1 is 1.48 bits per heavy atom. The van der Waals surface area contributed by atoms with Crippen molar-refractivity contribution >= 4 is 21.9 Å². The molecule has 2 rings (SSSR count). The molecular weight excluding hydrogens is 324 g/mol. The molecule has 1 fully saturated rings. The van der Waals surface area contributed by atoms with Crippen molar-refractivity contribution in [3.8, 4) is 0 Å². The molecule has 1 aromatic heterocycles. The van der Waals surface area contributed by atoms with Crippen LogP contribution in [0.4, 0.5) is 0 Å². The highest BCUT2D eigenvalue weighted by Gasteiger charge is 2.32. The van der Waals surface area contributed by atoms with E-state index in [1.54, 1.807) is 7.05 Å². The second-order valence-corrected chi connectivity index (χ2v) is 7.37. The molecular formula is C13H20N4O5S. The molecule has 1 amide bonds. The summed E-state index contributed by atoms with van der Waals surface area (Å²) in [6.07, 6.45) is 3.64. The van der Waals surface area contributed by atoms with Crippen LogP contribution in [0.25, 0.3) is 0 Å². The Labute approximate surface area is 134 Å². The number of carbonyl (C=O) groups excluding carboxylic acids is 1. The van der Waals surface area contributed by atoms with Gasteiger partial charge in [0.1, 0.15) is 4.90 Å². The Bertz CT molecular complexity index is 699. The van der Waals surface area contributed by atoms with E-state index >= 15 is 0 Å². The van der Waals surface area contributed by atoms with Gasteiger partial charge < -0.3 is 10.0 Å². The lowest BCUT2D eigenvalue weighted by Gasteiger charge is -2.32. The molecule has 128 valence electrons. The van der Waals surface area contributed by atoms with E-state index in [1.165, 1.54) is 28.9 Å². The van der Waals surface area contributed by atoms with Gasteiger partial charge in [-0.15, -0.1) is 0 Å². The number of sulfonamides is 1. The summed E-state index contributed by atoms with van der Waals surface area (Å²) in [6.45, 7) is 1.98. The number of amides is 1. The van der Waals surface area contributed by atoms with Crippen molar-refractivity contribution in [1.29, 1.82) is 0 Å². The van der Waals surface area contributed by atoms with Gasteiger partial charge in [0.15, 0.2) is 0 Å². The first-order chi connectivity index (χ1) is 10.7. The van der Waals surface area contributed by atoms with Gasteiger partial charge in [0, 0.05) is 26.3 Å². The van der Waals surface area contributed by atoms with Crippen LogP contribution in [0.3, 0.4) is 0 Å². The smallest absolute Gasteiger partial charge is 0.308 e. The quantitative estimate of drug-likeness (QED) is 0.736. The molecule has 2 unspecified atom stereocenters. The first kappa shape index (κ1) is 17.4. The van der Waals surface area contributed by atoms with Crippen LogP contribution >= 0.6 is 0 Å². The Hall–Kier alpha value is -1.94. The average molecular weight is 344 g/mol. The van der Waals surface area contributed by atoms with Gasteiger partial charge in [-0.05, 0) is 19.8 Å². The molecule has 1 aliphatic rings. The maximum Gasteiger partial charge on any atom is 0.308 e. The fourth-order valence-corrected chi connectivity index (χ4v) is 3.72. The predicted octanol–water partition coefficient (Wildman–Crippen LogP) is -0.590. The number of aromatic nitrogens is 2. The van der Waals surface area contributed by atoms with Crippen LogP contribution in [-0.4, -0.2) is 59.2 Å². The van der Waals surface area contributed by atoms with Gasteiger partial charge in [0.2, 0.25) is 15.9 Å². The first-order valence-corrected chi connectivity index (χ1v) is 8.71. The predicted molar refractivity (Wildman–Crippen MR) is 79.9 cm³/mol. The summed E-state index contributed by atoms with van der Waals surface area (Å²) in [6, 6.07) is -0.979. The van der Waals surface area contributed by atoms with Crippen molar-refractivity contribution < 1.29 is 23.1 Å². The van der Waals surface area contributed by atoms with E-state index in [0.29, 0.717) is 19.4 Å². The molecule has 0 spiro atoms. The van der Waals surface area contributed by atoms with E-state index < -0.39 is 33.9 Å². The number of carboxylic acid groups (broad SMARTS) is 1. The van der Waals surface area contributed by atoms with Crippen molar-refractivity contribution in [2.45, 2.75) is 30.7 Å². The zero-order valence-electron chi connectivity index (χ0n) is 13.0. The highest BCUT2D eigenvalue weighted by Crippen LogP contribution is 2.18. The van der Waals surface area contributed by atoms with E-state index in [1.807, 2.05) is 0 Å². The topological polar surface area (TPSA) is 122 Å². The Balaban J connectivity index is 2.03. The van der Waals surface area contributed by atoms with Crippen LogP contribution < -0.4 is 4.72 Å². The van der Waals surface area contributed by atoms with Crippen LogP contribution in [-0.2, 0) is 26.7 Å². The van der Waals surface area contributed by atoms with Crippen LogP contribution in [0.1, 0.15) is 19.8 Å². The van der Waals surface area contributed by atoms with Crippen molar-refractivity contribution in [1.82, 2.24) is 19.4 Å². The molecule has 0 aromatic carbocycles. The normalized spacial score (nSPS) is 20.3. The minimum atomic E-state index is -3.85. The monoisotopic (exact) mass is 344 g/mol. The zero-order valence-corrected chi connectivity index (χ0v) is 13.8. The lowest BCUT2D eigenvalue weighted by molar-refractivity contribution is -0.146. The summed E-state index contributed by atoms with van der Waals surface area (Å²) in [4.78, 5) is 24.8. The van der Waals surface area contributed by atoms with Gasteiger partial charge >= 0.3 is 5.97 Å². The number of hydrogen-bond donors (Lipinski definition) is 2. The van der Waals surface area contributed by atoms with Crippen molar-refractivity contribution in [2.75, 3.05) is 13.1 Å². The number of likely N-dealkylation sites (tertiary alicyclic amines) is 1. The molecule has 10 heteroatoms. The number of rotatable bonds is 5. The minimum absolute atomic E-state index is 0.0262. The van der Waals surface area contributed by atoms with Crippen LogP contribution in [0.5, 0.6) is 0 Å². The number of hydrogen-bond acceptors (Lipinski definition) is 5. The summed E-state index contributed by atoms with van der Waals surface area (Å²) >= 11 is 0. The molecule has 1 saturated heterocycles. The molecule has 0 bridgehead atoms. The third-order valence-corrected chi connectivity index (χ3v) is 5.27. The second-order valence-electron chi connectivity index (χ2n) is 5.65. The largest absolute Gasteiger partial charge is 0.481 e. The van der Waals surface area contributed by atoms with Crippen molar-refractivity contribution in [3.05, 3.63) is 12.4 Å². The second kappa shape index (κ2) is 6.67. The zero-order chi connectivity index (χ0) is 17.2. The molecule has 2 atom stereocenters. The summed E-state index contributed by atoms with van der Waals surface area (Å²) in [7, 11) is -2.26. The number of carbonyl (C=O) groups is 2. The number of carboxylic acids is 1. The summed E-state index contributed by atoms with van der Waals surface area (Å²) in [5.74, 6) is -1.97. The van der Waals surface area contributed by atoms with Gasteiger partial charge in [-0.3, -0.25) is 14.3 Å². The Morgan fingerprint density at radius 3 is 2.74 bits per heavy atom. The third kappa shape index (κ3) is 4.08. The fourth-order valence-electron chi connectivity index (χ4n) is 2.54. The van der Waals surface area contributed by atoms with Crippen molar-refractivity contribution in [3.63, 3.8) is 0 Å². The first-order valence-electron chi connectivity index (χ1n) is 7.23. The number of nitrogens with zero attached hydrogens (tertiary/aromatic N) is 3. The van der Waals surface area contributed by atoms with Gasteiger partial charge in [0.05, 0.1) is 18.2 Å². The van der Waals surface area contributed by atoms with Gasteiger partial charge in [-0.25, -0.2) is 8.42 Å². The van der Waals surface area contributed by atoms with E-state index in [2.05, 4.69) is 9.82 Å². The van der Waals surface area contributed by atoms with Gasteiger partial charge in [-0.1, -0.05) is 0 Å². The van der Waals surface area contributed by atoms with Gasteiger partial charge in [0.25, 0.3) is 0 Å². The minimum Gasteiger partial charge on any atom is -0.481 e. The highest BCUT2D eigenvalue weighted by molar-refractivity contribution is 7.89. The summed E-state index contributed by atoms with van der Waals surface area (Å²) in [5.41, 5.74) is 0. The molecule has 1 aromatic rings. The van der Waals surface area contributed by atoms with E-state index in [-0.39, 0.29) is 11.4 Å². The van der Waals surface area contributed by atoms with Crippen LogP contribution in [0.2, 0.25) is 0 Å². The molecule has 2 heterocycles. The van der Waals surface area contributed by atoms with Gasteiger partial charge in [-0.2, -0.15) is 9.82 Å². The molecule has 23 heavy (non-hydrogen) atoms. The summed E-state index contributed by atoms with van der Waals surface area (Å²) in [5, 5.41) is 12.8. The van der Waals surface area contributed by atoms with E-state index in [4.69, 9.17) is 5.11 Å². The Kier molecular flexibility index (Phi) is 5.05. The Morgan fingerprint density at radius 2 is 2.17 bits per heavy atom. The molecule has 0 radical (unpaired) electrons. The number of nitrogens with one attached hydrogen (secondary N) is 1. The average Bonchev–Trinajstić information content (AvgIpc) is 2.93. The van der Waals surface area contributed by atoms with Crippen LogP contribution in [0, 0.1) is 5.92 Å². The van der Waals surface area contributed by atoms with Crippen LogP contribution in [0.15, 0.2) is 17.3 Å². The highest BCUT2D eigenvalue weighted by atomic mass is 32.2. The molecule has 0 saturated carbocycles. The van der Waals surface area contributed by atoms with E-state index in [9.17, 15) is 18.0 Å². The fraction of sp³-hybridized carbons (Fsp3) is 0.615. The standard InChI is InChI=1S/C13H20N4O5S/c1-9(15-23(21,22)11-6-14-16(2)8-11)12(18)17-5-3-4-10(7-17)13(19)20/h6,8-10,15H,3-5,7H2,1-2H3,(H,19,20). The lowest BCUT2D eigenvalue weighted by Crippen LogP contribution is -2.50. The third-order valence-electron chi connectivity index (χ3n) is 3.78. The SMILES string of the molecule is CC(NS(=O)(=O)c1cnn(C)c1)C(=O)N1CCCC(C(=O)O)C1. The summed E-state index contributed by atoms with van der Waals surface area (Å²) < 4.78 is 28.0. The maximum absolute atomic E-state index is 12.4. The van der Waals surface area contributed by atoms with Crippen molar-refractivity contribution in [2.24, 2.45) is 13.0 Å². The molecule has 9 nitrogen and oxygen atoms in total. The number of aryl methyl sites for hydroxylation is 1. The lowest BCUT2D eigenvalue weighted by atomic mass is 9.98. The molecule has 2 N–H and O–H groups in total. The molecule has 0 aliphatic carbocycles. The number of aliphatic carboxylic acids is 1.